The molecule has 31 heavy (non-hydrogen) atoms. The normalized spacial score (nSPS) is 11.8. The zero-order chi connectivity index (χ0) is 22.0. The van der Waals surface area contributed by atoms with E-state index in [0.717, 1.165) is 27.6 Å². The summed E-state index contributed by atoms with van der Waals surface area (Å²) in [5.74, 6) is 6.48. The minimum atomic E-state index is -3.33. The number of hydrogen-bond donors (Lipinski definition) is 1. The molecule has 0 spiro atoms. The molecular formula is C22H18N2O4S3. The van der Waals surface area contributed by atoms with Crippen molar-refractivity contribution in [3.8, 4) is 28.8 Å². The number of methoxy groups -OCH3 is 1. The van der Waals surface area contributed by atoms with Gasteiger partial charge in [0.15, 0.2) is 14.5 Å². The summed E-state index contributed by atoms with van der Waals surface area (Å²) in [4.78, 5) is 5.10. The lowest BCUT2D eigenvalue weighted by atomic mass is 10.1. The highest BCUT2D eigenvalue weighted by molar-refractivity contribution is 7.90. The quantitative estimate of drug-likeness (QED) is 0.339. The zero-order valence-corrected chi connectivity index (χ0v) is 19.2. The van der Waals surface area contributed by atoms with Gasteiger partial charge >= 0.3 is 0 Å². The van der Waals surface area contributed by atoms with Gasteiger partial charge in [0.2, 0.25) is 4.88 Å². The SMILES string of the molecule is COc1cc(S(C)(=O)=O)ccc1NCC#Cc1c(-c2cscn2)c2ccccc2[s+]1[O-]. The number of ether oxygens (including phenoxy) is 1. The molecule has 1 N–H and O–H groups in total. The summed E-state index contributed by atoms with van der Waals surface area (Å²) in [6, 6.07) is 12.2. The third kappa shape index (κ3) is 4.29. The molecule has 0 saturated heterocycles. The van der Waals surface area contributed by atoms with E-state index in [1.54, 1.807) is 11.6 Å². The molecule has 0 aliphatic heterocycles. The first-order valence-corrected chi connectivity index (χ1v) is 13.1. The number of thiophene rings is 1. The van der Waals surface area contributed by atoms with E-state index in [0.29, 0.717) is 16.3 Å². The van der Waals surface area contributed by atoms with Gasteiger partial charge in [-0.2, -0.15) is 0 Å². The molecule has 4 rings (SSSR count). The second-order valence-electron chi connectivity index (χ2n) is 6.63. The maximum absolute atomic E-state index is 13.0. The van der Waals surface area contributed by atoms with Crippen molar-refractivity contribution in [2.75, 3.05) is 25.2 Å². The molecule has 0 saturated carbocycles. The van der Waals surface area contributed by atoms with E-state index in [9.17, 15) is 13.0 Å². The van der Waals surface area contributed by atoms with E-state index < -0.39 is 20.6 Å². The number of fused-ring (bicyclic) bond motifs is 1. The van der Waals surface area contributed by atoms with E-state index in [1.165, 1.54) is 30.6 Å². The molecule has 0 aliphatic rings. The molecule has 158 valence electrons. The number of sulfone groups is 1. The van der Waals surface area contributed by atoms with Crippen molar-refractivity contribution in [3.05, 3.63) is 58.2 Å². The van der Waals surface area contributed by atoms with Crippen molar-refractivity contribution in [1.29, 1.82) is 0 Å². The van der Waals surface area contributed by atoms with Crippen LogP contribution in [0.15, 0.2) is 58.3 Å². The predicted octanol–water partition coefficient (Wildman–Crippen LogP) is 4.57. The first kappa shape index (κ1) is 21.3. The second kappa shape index (κ2) is 8.69. The Labute approximate surface area is 187 Å². The number of anilines is 1. The van der Waals surface area contributed by atoms with Crippen LogP contribution in [0.1, 0.15) is 4.88 Å². The fourth-order valence-corrected chi connectivity index (χ4v) is 5.71. The second-order valence-corrected chi connectivity index (χ2v) is 10.8. The van der Waals surface area contributed by atoms with Crippen molar-refractivity contribution in [2.24, 2.45) is 0 Å². The third-order valence-electron chi connectivity index (χ3n) is 4.63. The van der Waals surface area contributed by atoms with Gasteiger partial charge in [0, 0.05) is 17.7 Å². The Morgan fingerprint density at radius 2 is 2.06 bits per heavy atom. The number of benzene rings is 2. The Kier molecular flexibility index (Phi) is 5.98. The van der Waals surface area contributed by atoms with Crippen molar-refractivity contribution >= 4 is 47.7 Å². The van der Waals surface area contributed by atoms with E-state index >= 15 is 0 Å². The van der Waals surface area contributed by atoms with Crippen LogP contribution in [0.4, 0.5) is 5.69 Å². The summed E-state index contributed by atoms with van der Waals surface area (Å²) in [5, 5.41) is 5.93. The summed E-state index contributed by atoms with van der Waals surface area (Å²) < 4.78 is 42.5. The number of aromatic nitrogens is 1. The highest BCUT2D eigenvalue weighted by Crippen LogP contribution is 2.43. The lowest BCUT2D eigenvalue weighted by molar-refractivity contribution is 0.415. The topological polar surface area (TPSA) is 91.4 Å². The fraction of sp³-hybridized carbons (Fsp3) is 0.136. The number of nitrogens with one attached hydrogen (secondary N) is 1. The maximum Gasteiger partial charge on any atom is 0.233 e. The van der Waals surface area contributed by atoms with Crippen molar-refractivity contribution in [3.63, 3.8) is 0 Å². The Hall–Kier alpha value is -2.90. The molecule has 0 fully saturated rings. The zero-order valence-electron chi connectivity index (χ0n) is 16.7. The summed E-state index contributed by atoms with van der Waals surface area (Å²) in [7, 11) is -3.22. The van der Waals surface area contributed by atoms with Gasteiger partial charge in [0.05, 0.1) is 46.4 Å². The molecule has 6 nitrogen and oxygen atoms in total. The van der Waals surface area contributed by atoms with E-state index in [1.807, 2.05) is 29.6 Å². The molecule has 4 aromatic rings. The molecule has 2 aromatic carbocycles. The fourth-order valence-electron chi connectivity index (χ4n) is 3.17. The average Bonchev–Trinajstić information content (AvgIpc) is 3.37. The molecular weight excluding hydrogens is 452 g/mol. The number of hydrogen-bond acceptors (Lipinski definition) is 7. The van der Waals surface area contributed by atoms with Gasteiger partial charge in [-0.15, -0.1) is 11.3 Å². The van der Waals surface area contributed by atoms with E-state index in [2.05, 4.69) is 22.1 Å². The lowest BCUT2D eigenvalue weighted by Gasteiger charge is -2.10. The van der Waals surface area contributed by atoms with Gasteiger partial charge in [0.1, 0.15) is 5.75 Å². The number of nitrogens with zero attached hydrogens (tertiary/aromatic N) is 1. The minimum absolute atomic E-state index is 0.179. The highest BCUT2D eigenvalue weighted by atomic mass is 32.2. The Morgan fingerprint density at radius 3 is 2.77 bits per heavy atom. The van der Waals surface area contributed by atoms with Crippen LogP contribution >= 0.6 is 22.1 Å². The van der Waals surface area contributed by atoms with Crippen LogP contribution in [-0.4, -0.2) is 37.9 Å². The van der Waals surface area contributed by atoms with Crippen molar-refractivity contribution < 1.29 is 17.7 Å². The molecule has 9 heteroatoms. The van der Waals surface area contributed by atoms with Crippen LogP contribution < -0.4 is 10.1 Å². The van der Waals surface area contributed by atoms with E-state index in [-0.39, 0.29) is 11.4 Å². The van der Waals surface area contributed by atoms with Gasteiger partial charge in [-0.05, 0) is 40.9 Å². The van der Waals surface area contributed by atoms with Crippen molar-refractivity contribution in [2.45, 2.75) is 4.90 Å². The smallest absolute Gasteiger partial charge is 0.233 e. The molecule has 0 bridgehead atoms. The molecule has 0 aliphatic carbocycles. The largest absolute Gasteiger partial charge is 0.589 e. The summed E-state index contributed by atoms with van der Waals surface area (Å²) in [6.07, 6.45) is 1.15. The Morgan fingerprint density at radius 1 is 1.26 bits per heavy atom. The van der Waals surface area contributed by atoms with Crippen LogP contribution in [-0.2, 0) is 9.84 Å². The molecule has 2 heterocycles. The van der Waals surface area contributed by atoms with Crippen molar-refractivity contribution in [1.82, 2.24) is 4.98 Å². The predicted molar refractivity (Wildman–Crippen MR) is 125 cm³/mol. The molecule has 1 unspecified atom stereocenters. The standard InChI is InChI=1S/C22H18N2O4S3/c1-28-19-12-15(31(2,26)27)9-10-17(19)23-11-5-8-21-22(18-13-29-14-24-18)16-6-3-4-7-20(16)30(21)25/h3-4,6-7,9-10,12-14,23H,11H2,1-2H3. The van der Waals surface area contributed by atoms with Crippen LogP contribution in [0.3, 0.4) is 0 Å². The third-order valence-corrected chi connectivity index (χ3v) is 7.76. The van der Waals surface area contributed by atoms with Gasteiger partial charge in [-0.3, -0.25) is 0 Å². The average molecular weight is 471 g/mol. The molecule has 2 aromatic heterocycles. The molecule has 0 amide bonds. The molecule has 0 radical (unpaired) electrons. The van der Waals surface area contributed by atoms with Crippen LogP contribution in [0.25, 0.3) is 21.3 Å². The van der Waals surface area contributed by atoms with Gasteiger partial charge < -0.3 is 14.6 Å². The van der Waals surface area contributed by atoms with Gasteiger partial charge in [-0.1, -0.05) is 18.1 Å². The first-order chi connectivity index (χ1) is 14.9. The Bertz CT molecular complexity index is 1410. The Balaban J connectivity index is 1.64. The first-order valence-electron chi connectivity index (χ1n) is 9.15. The van der Waals surface area contributed by atoms with Crippen LogP contribution in [0, 0.1) is 11.8 Å². The van der Waals surface area contributed by atoms with Gasteiger partial charge in [-0.25, -0.2) is 13.4 Å². The number of rotatable bonds is 5. The highest BCUT2D eigenvalue weighted by Gasteiger charge is 2.23. The number of thiazole rings is 1. The summed E-state index contributed by atoms with van der Waals surface area (Å²) in [6.45, 7) is 0.260. The van der Waals surface area contributed by atoms with Gasteiger partial charge in [0.25, 0.3) is 0 Å². The van der Waals surface area contributed by atoms with Crippen LogP contribution in [0.5, 0.6) is 5.75 Å². The maximum atomic E-state index is 13.0. The monoisotopic (exact) mass is 470 g/mol. The molecule has 1 atom stereocenters. The minimum Gasteiger partial charge on any atom is -0.589 e. The summed E-state index contributed by atoms with van der Waals surface area (Å²) in [5.41, 5.74) is 3.93. The lowest BCUT2D eigenvalue weighted by Crippen LogP contribution is -2.03. The van der Waals surface area contributed by atoms with Crippen LogP contribution in [0.2, 0.25) is 0 Å². The summed E-state index contributed by atoms with van der Waals surface area (Å²) >= 11 is 1.48. The van der Waals surface area contributed by atoms with E-state index in [4.69, 9.17) is 4.74 Å².